The number of rotatable bonds is 12. The number of aliphatic hydroxyl groups excluding tert-OH is 4. The van der Waals surface area contributed by atoms with Crippen LogP contribution >= 0.6 is 0 Å². The minimum atomic E-state index is -0.790. The number of nitrogen functional groups attached to an aromatic ring is 4. The van der Waals surface area contributed by atoms with Gasteiger partial charge in [0.2, 0.25) is 23.8 Å². The quantitative estimate of drug-likeness (QED) is 0.0513. The Kier molecular flexibility index (Phi) is 18.7. The van der Waals surface area contributed by atoms with E-state index < -0.39 is 89.4 Å². The number of anilines is 4. The number of aromatic amines is 4. The summed E-state index contributed by atoms with van der Waals surface area (Å²) in [6, 6.07) is -0.551. The van der Waals surface area contributed by atoms with E-state index in [2.05, 4.69) is 70.4 Å². The molecule has 4 saturated heterocycles. The second-order valence-corrected chi connectivity index (χ2v) is 20.6. The van der Waals surface area contributed by atoms with E-state index in [1.165, 1.54) is 39.2 Å². The van der Waals surface area contributed by atoms with Gasteiger partial charge in [-0.15, -0.1) is 0 Å². The molecule has 4 aliphatic heterocycles. The van der Waals surface area contributed by atoms with Gasteiger partial charge in [0.25, 0.3) is 22.2 Å². The molecule has 4 fully saturated rings. The van der Waals surface area contributed by atoms with Gasteiger partial charge in [-0.3, -0.25) is 68.0 Å². The average Bonchev–Trinajstić information content (AvgIpc) is 3.63. The molecule has 0 amide bonds. The van der Waals surface area contributed by atoms with Crippen LogP contribution in [-0.2, 0) is 23.7 Å². The Morgan fingerprint density at radius 3 is 1.25 bits per heavy atom. The molecule has 12 heterocycles. The molecule has 22 N–H and O–H groups in total. The normalized spacial score (nSPS) is 25.7. The molecule has 8 aromatic heterocycles. The van der Waals surface area contributed by atoms with Gasteiger partial charge >= 0.3 is 0 Å². The number of ketones is 1. The van der Waals surface area contributed by atoms with Crippen LogP contribution in [0.5, 0.6) is 0 Å². The second-order valence-electron chi connectivity index (χ2n) is 20.6. The van der Waals surface area contributed by atoms with Gasteiger partial charge < -0.3 is 78.6 Å². The van der Waals surface area contributed by atoms with E-state index in [0.29, 0.717) is 42.7 Å². The Morgan fingerprint density at radius 2 is 0.905 bits per heavy atom. The van der Waals surface area contributed by atoms with Crippen molar-refractivity contribution in [3.05, 3.63) is 66.7 Å². The molecule has 456 valence electrons. The minimum absolute atomic E-state index is 0. The zero-order valence-electron chi connectivity index (χ0n) is 45.2. The third-order valence-corrected chi connectivity index (χ3v) is 13.9. The molecule has 37 heteroatoms. The molecule has 8 aromatic rings. The number of aromatic nitrogens is 16. The van der Waals surface area contributed by atoms with Crippen molar-refractivity contribution < 1.29 is 44.2 Å². The van der Waals surface area contributed by atoms with E-state index in [1.54, 1.807) is 18.3 Å². The van der Waals surface area contributed by atoms with E-state index >= 15 is 0 Å². The van der Waals surface area contributed by atoms with Crippen LogP contribution in [0.15, 0.2) is 44.5 Å². The van der Waals surface area contributed by atoms with Crippen LogP contribution in [0.1, 0.15) is 85.7 Å². The summed E-state index contributed by atoms with van der Waals surface area (Å²) in [6.07, 6.45) is 2.00. The second kappa shape index (κ2) is 25.3. The van der Waals surface area contributed by atoms with Crippen LogP contribution in [0.4, 0.5) is 23.8 Å². The highest BCUT2D eigenvalue weighted by Crippen LogP contribution is 2.34. The molecule has 0 aromatic carbocycles. The summed E-state index contributed by atoms with van der Waals surface area (Å²) < 4.78 is 29.8. The largest absolute Gasteiger partial charge is 0.394 e. The van der Waals surface area contributed by atoms with Crippen molar-refractivity contribution in [1.29, 1.82) is 0 Å². The summed E-state index contributed by atoms with van der Waals surface area (Å²) in [7, 11) is 0. The highest BCUT2D eigenvalue weighted by molar-refractivity contribution is 5.73. The van der Waals surface area contributed by atoms with E-state index in [4.69, 9.17) is 58.5 Å². The molecule has 0 radical (unpaired) electrons. The number of nitrogens with one attached hydrogen (secondary N) is 6. The Morgan fingerprint density at radius 1 is 0.583 bits per heavy atom. The monoisotopic (exact) mass is 1180 g/mol. The molecule has 12 rings (SSSR count). The summed E-state index contributed by atoms with van der Waals surface area (Å²) in [6.45, 7) is 7.02. The summed E-state index contributed by atoms with van der Waals surface area (Å²) >= 11 is 0. The number of nitrogens with two attached hydrogens (primary N) is 6. The Bertz CT molecular complexity index is 3730. The first-order valence-corrected chi connectivity index (χ1v) is 26.0. The van der Waals surface area contributed by atoms with Crippen molar-refractivity contribution in [2.45, 2.75) is 140 Å². The predicted molar refractivity (Wildman–Crippen MR) is 300 cm³/mol. The number of carbonyl (C=O) groups is 1. The van der Waals surface area contributed by atoms with Crippen LogP contribution in [0.3, 0.4) is 0 Å². The number of hydrogen-bond donors (Lipinski definition) is 16. The van der Waals surface area contributed by atoms with Gasteiger partial charge in [-0.1, -0.05) is 7.43 Å². The lowest BCUT2D eigenvalue weighted by Crippen LogP contribution is -2.59. The molecule has 0 bridgehead atoms. The fourth-order valence-electron chi connectivity index (χ4n) is 9.98. The average molecular weight is 1180 g/mol. The Balaban J connectivity index is 0.000000177. The van der Waals surface area contributed by atoms with Gasteiger partial charge in [-0.25, -0.2) is 19.9 Å². The summed E-state index contributed by atoms with van der Waals surface area (Å²) in [5, 5.41) is 46.5. The first kappa shape index (κ1) is 61.9. The van der Waals surface area contributed by atoms with Crippen LogP contribution < -0.4 is 67.3 Å². The third-order valence-electron chi connectivity index (χ3n) is 13.9. The SMILES string of the molecule is C.CC(C)(NC[C@H]1O[C@@H](n2cnc3c(=O)[nH]c(N)nc32)C[C@@H]1O)N[C@H]1C[C@H](n2cnc3c(=O)[nH]c(N)nc32)O[C@@H]1CO.CC(C)=O.NC[C@H]1O[C@@H](n2cnc3c(=O)[nH]c(N)nc32)C[C@@H]1O.Nc1nc2c(ncn2[C@H]2C[C@H](N)[C@@H](CO)O2)c(=O)[nH]1. The maximum absolute atomic E-state index is 12.2. The molecule has 0 aliphatic carbocycles. The number of H-pyrrole nitrogens is 4. The van der Waals surface area contributed by atoms with Crippen molar-refractivity contribution in [3.63, 3.8) is 0 Å². The lowest BCUT2D eigenvalue weighted by molar-refractivity contribution is -0.115. The lowest BCUT2D eigenvalue weighted by Gasteiger charge is -2.34. The summed E-state index contributed by atoms with van der Waals surface area (Å²) in [4.78, 5) is 99.3. The van der Waals surface area contributed by atoms with Gasteiger partial charge in [-0.05, 0) is 27.7 Å². The zero-order chi connectivity index (χ0) is 59.8. The van der Waals surface area contributed by atoms with Crippen molar-refractivity contribution >= 4 is 74.2 Å². The zero-order valence-corrected chi connectivity index (χ0v) is 45.2. The first-order chi connectivity index (χ1) is 39.4. The van der Waals surface area contributed by atoms with Crippen molar-refractivity contribution in [1.82, 2.24) is 88.7 Å². The van der Waals surface area contributed by atoms with Crippen LogP contribution in [-0.4, -0.2) is 185 Å². The van der Waals surface area contributed by atoms with Crippen LogP contribution in [0.2, 0.25) is 0 Å². The number of hydrogen-bond acceptors (Lipinski definition) is 29. The molecule has 12 atom stereocenters. The fraction of sp³-hybridized carbons (Fsp3) is 0.553. The highest BCUT2D eigenvalue weighted by atomic mass is 16.5. The molecular weight excluding hydrogens is 1110 g/mol. The minimum Gasteiger partial charge on any atom is -0.394 e. The molecular formula is C47H70N24O13. The van der Waals surface area contributed by atoms with Crippen LogP contribution in [0, 0.1) is 0 Å². The maximum atomic E-state index is 12.2. The Labute approximate surface area is 473 Å². The fourth-order valence-corrected chi connectivity index (χ4v) is 9.98. The van der Waals surface area contributed by atoms with Crippen molar-refractivity contribution in [2.24, 2.45) is 11.5 Å². The van der Waals surface area contributed by atoms with Crippen molar-refractivity contribution in [2.75, 3.05) is 49.2 Å². The van der Waals surface area contributed by atoms with Gasteiger partial charge in [0, 0.05) is 50.9 Å². The topological polar surface area (TPSA) is 569 Å². The van der Waals surface area contributed by atoms with Gasteiger partial charge in [-0.2, -0.15) is 19.9 Å². The summed E-state index contributed by atoms with van der Waals surface area (Å²) in [5.74, 6) is 0.117. The first-order valence-electron chi connectivity index (χ1n) is 26.0. The van der Waals surface area contributed by atoms with E-state index in [9.17, 15) is 39.3 Å². The molecule has 4 aliphatic rings. The molecule has 37 nitrogen and oxygen atoms in total. The number of ether oxygens (including phenoxy) is 4. The number of Topliss-reactive ketones (excluding diaryl/α,β-unsaturated/α-hetero) is 1. The van der Waals surface area contributed by atoms with Gasteiger partial charge in [0.15, 0.2) is 44.7 Å². The number of imidazole rings is 4. The summed E-state index contributed by atoms with van der Waals surface area (Å²) in [5.41, 5.74) is 33.3. The van der Waals surface area contributed by atoms with Crippen molar-refractivity contribution in [3.8, 4) is 0 Å². The number of carbonyl (C=O) groups excluding carboxylic acids is 1. The van der Waals surface area contributed by atoms with E-state index in [0.717, 1.165) is 0 Å². The van der Waals surface area contributed by atoms with Gasteiger partial charge in [0.05, 0.1) is 80.8 Å². The molecule has 84 heavy (non-hydrogen) atoms. The predicted octanol–water partition coefficient (Wildman–Crippen LogP) is -4.52. The Hall–Kier alpha value is -8.21. The molecule has 0 spiro atoms. The maximum Gasteiger partial charge on any atom is 0.280 e. The van der Waals surface area contributed by atoms with Crippen LogP contribution in [0.25, 0.3) is 44.7 Å². The lowest BCUT2D eigenvalue weighted by atomic mass is 10.1. The number of fused-ring (bicyclic) bond motifs is 4. The van der Waals surface area contributed by atoms with E-state index in [1.807, 2.05) is 13.8 Å². The molecule has 0 unspecified atom stereocenters. The molecule has 0 saturated carbocycles. The number of aliphatic hydroxyl groups is 4. The third kappa shape index (κ3) is 13.1. The van der Waals surface area contributed by atoms with E-state index in [-0.39, 0.29) is 103 Å². The number of nitrogens with zero attached hydrogens (tertiary/aromatic N) is 12. The smallest absolute Gasteiger partial charge is 0.280 e. The van der Waals surface area contributed by atoms with Gasteiger partial charge in [0.1, 0.15) is 30.7 Å². The standard InChI is InChI=1S/C23H32N12O6.2C10H14N6O3.C3H6O.CH4/c1-23(2,28-5-11-10(37)4-14(40-11)35-8-27-16-18(35)30-22(25)32-20(16)39)33-9-3-13(41-12(9)6-36)34-7-26-15-17(34)29-21(24)31-19(15)38;11-4-1-6(19-5(4)2-17)16-3-13-7-8(16)14-10(12)15-9(7)18;11-2-5-4(17)1-6(19-5)16-3-13-7-8(16)14-10(12)15-9(7)18;1-3(2)4;/h7-14,28,33,36-37H,3-6H2,1-2H3,(H3,24,29,31,38)(H3,25,30,32,39);2*3-6,17H,1-2,11H2,(H3,12,14,15,18);1-2H3;1H4/t9-,10-,11+,12+,13+,14+;2*4-,5+,6+;;/m000../s1. The highest BCUT2D eigenvalue weighted by Gasteiger charge is 2.42.